The highest BCUT2D eigenvalue weighted by molar-refractivity contribution is 9.10. The van der Waals surface area contributed by atoms with E-state index in [9.17, 15) is 5.11 Å². The van der Waals surface area contributed by atoms with E-state index in [1.54, 1.807) is 0 Å². The fourth-order valence-corrected chi connectivity index (χ4v) is 3.41. The van der Waals surface area contributed by atoms with Crippen LogP contribution in [-0.2, 0) is 19.9 Å². The Morgan fingerprint density at radius 2 is 2.17 bits per heavy atom. The van der Waals surface area contributed by atoms with Gasteiger partial charge in [-0.3, -0.25) is 4.68 Å². The summed E-state index contributed by atoms with van der Waals surface area (Å²) in [5.74, 6) is 0.415. The van der Waals surface area contributed by atoms with Crippen LogP contribution in [0.5, 0.6) is 0 Å². The fraction of sp³-hybridized carbons (Fsp3) is 0.769. The first-order valence-corrected chi connectivity index (χ1v) is 7.51. The molecule has 0 aliphatic carbocycles. The third kappa shape index (κ3) is 2.95. The molecule has 1 aliphatic rings. The predicted octanol–water partition coefficient (Wildman–Crippen LogP) is 1.65. The molecule has 4 nitrogen and oxygen atoms in total. The molecule has 2 heterocycles. The minimum Gasteiger partial charge on any atom is -0.392 e. The molecule has 0 aromatic carbocycles. The predicted molar refractivity (Wildman–Crippen MR) is 75.6 cm³/mol. The smallest absolute Gasteiger partial charge is 0.0766 e. The number of aliphatic hydroxyl groups excluding tert-OH is 1. The van der Waals surface area contributed by atoms with Gasteiger partial charge < -0.3 is 10.4 Å². The van der Waals surface area contributed by atoms with E-state index in [1.807, 2.05) is 11.7 Å². The van der Waals surface area contributed by atoms with Crippen molar-refractivity contribution < 1.29 is 5.11 Å². The van der Waals surface area contributed by atoms with Gasteiger partial charge >= 0.3 is 0 Å². The van der Waals surface area contributed by atoms with Gasteiger partial charge in [0.2, 0.25) is 0 Å². The molecule has 0 amide bonds. The van der Waals surface area contributed by atoms with Gasteiger partial charge in [-0.1, -0.05) is 6.92 Å². The number of aromatic nitrogens is 2. The fourth-order valence-electron chi connectivity index (χ4n) is 2.64. The summed E-state index contributed by atoms with van der Waals surface area (Å²) in [5, 5.41) is 18.2. The van der Waals surface area contributed by atoms with E-state index >= 15 is 0 Å². The van der Waals surface area contributed by atoms with E-state index in [-0.39, 0.29) is 6.10 Å². The number of aryl methyl sites for hydroxylation is 2. The zero-order chi connectivity index (χ0) is 13.1. The molecule has 1 fully saturated rings. The molecule has 1 aromatic heterocycles. The lowest BCUT2D eigenvalue weighted by Gasteiger charge is -2.27. The second-order valence-electron chi connectivity index (χ2n) is 5.04. The van der Waals surface area contributed by atoms with Gasteiger partial charge in [0.15, 0.2) is 0 Å². The molecule has 1 aliphatic heterocycles. The average Bonchev–Trinajstić information content (AvgIpc) is 2.67. The second kappa shape index (κ2) is 6.17. The third-order valence-corrected chi connectivity index (χ3v) is 4.75. The molecule has 18 heavy (non-hydrogen) atoms. The van der Waals surface area contributed by atoms with Crippen LogP contribution in [0.3, 0.4) is 0 Å². The van der Waals surface area contributed by atoms with Crippen molar-refractivity contribution in [3.8, 4) is 0 Å². The summed E-state index contributed by atoms with van der Waals surface area (Å²) in [6, 6.07) is 0. The van der Waals surface area contributed by atoms with Crippen LogP contribution < -0.4 is 5.32 Å². The van der Waals surface area contributed by atoms with Crippen molar-refractivity contribution in [1.29, 1.82) is 0 Å². The lowest BCUT2D eigenvalue weighted by atomic mass is 9.90. The molecule has 0 spiro atoms. The standard InChI is InChI=1S/C13H22BrN3O/c1-3-10-13(14)11(17(2)16-10)8-12(18)9-4-6-15-7-5-9/h9,12,15,18H,3-8H2,1-2H3. The Labute approximate surface area is 117 Å². The van der Waals surface area contributed by atoms with Crippen LogP contribution in [0.4, 0.5) is 0 Å². The number of hydrogen-bond donors (Lipinski definition) is 2. The van der Waals surface area contributed by atoms with Crippen LogP contribution in [0.15, 0.2) is 4.47 Å². The number of nitrogens with zero attached hydrogens (tertiary/aromatic N) is 2. The minimum atomic E-state index is -0.261. The first-order valence-electron chi connectivity index (χ1n) is 6.72. The maximum Gasteiger partial charge on any atom is 0.0766 e. The Kier molecular flexibility index (Phi) is 4.81. The molecule has 1 aromatic rings. The molecule has 0 saturated carbocycles. The van der Waals surface area contributed by atoms with Gasteiger partial charge in [0.05, 0.1) is 22.0 Å². The number of aliphatic hydroxyl groups is 1. The molecule has 1 unspecified atom stereocenters. The Balaban J connectivity index is 2.06. The van der Waals surface area contributed by atoms with Crippen molar-refractivity contribution in [2.45, 2.75) is 38.7 Å². The zero-order valence-corrected chi connectivity index (χ0v) is 12.7. The van der Waals surface area contributed by atoms with Gasteiger partial charge in [-0.05, 0) is 54.2 Å². The normalized spacial score (nSPS) is 19.1. The molecule has 0 bridgehead atoms. The minimum absolute atomic E-state index is 0.261. The number of rotatable bonds is 4. The third-order valence-electron chi connectivity index (χ3n) is 3.83. The van der Waals surface area contributed by atoms with E-state index in [1.165, 1.54) is 0 Å². The second-order valence-corrected chi connectivity index (χ2v) is 5.84. The average molecular weight is 316 g/mol. The maximum atomic E-state index is 10.4. The highest BCUT2D eigenvalue weighted by atomic mass is 79.9. The maximum absolute atomic E-state index is 10.4. The number of hydrogen-bond acceptors (Lipinski definition) is 3. The first kappa shape index (κ1) is 14.0. The number of nitrogens with one attached hydrogen (secondary N) is 1. The molecule has 102 valence electrons. The van der Waals surface area contributed by atoms with Crippen LogP contribution in [-0.4, -0.2) is 34.1 Å². The van der Waals surface area contributed by atoms with Crippen molar-refractivity contribution in [2.24, 2.45) is 13.0 Å². The lowest BCUT2D eigenvalue weighted by Crippen LogP contribution is -2.35. The lowest BCUT2D eigenvalue weighted by molar-refractivity contribution is 0.0872. The molecular weight excluding hydrogens is 294 g/mol. The summed E-state index contributed by atoms with van der Waals surface area (Å²) in [6.45, 7) is 4.14. The molecule has 5 heteroatoms. The van der Waals surface area contributed by atoms with Crippen LogP contribution in [0.1, 0.15) is 31.2 Å². The quantitative estimate of drug-likeness (QED) is 0.888. The van der Waals surface area contributed by atoms with Crippen LogP contribution in [0.25, 0.3) is 0 Å². The Morgan fingerprint density at radius 3 is 2.72 bits per heavy atom. The van der Waals surface area contributed by atoms with E-state index in [0.29, 0.717) is 12.3 Å². The van der Waals surface area contributed by atoms with E-state index in [0.717, 1.165) is 48.2 Å². The van der Waals surface area contributed by atoms with Gasteiger partial charge in [0.1, 0.15) is 0 Å². The monoisotopic (exact) mass is 315 g/mol. The summed E-state index contributed by atoms with van der Waals surface area (Å²) < 4.78 is 2.97. The highest BCUT2D eigenvalue weighted by Gasteiger charge is 2.24. The molecule has 2 N–H and O–H groups in total. The van der Waals surface area contributed by atoms with Gasteiger partial charge in [-0.15, -0.1) is 0 Å². The topological polar surface area (TPSA) is 50.1 Å². The van der Waals surface area contributed by atoms with Gasteiger partial charge in [0.25, 0.3) is 0 Å². The van der Waals surface area contributed by atoms with Crippen molar-refractivity contribution in [1.82, 2.24) is 15.1 Å². The first-order chi connectivity index (χ1) is 8.63. The molecule has 1 atom stereocenters. The van der Waals surface area contributed by atoms with E-state index < -0.39 is 0 Å². The molecule has 1 saturated heterocycles. The van der Waals surface area contributed by atoms with Crippen molar-refractivity contribution in [2.75, 3.05) is 13.1 Å². The van der Waals surface area contributed by atoms with Crippen LogP contribution in [0.2, 0.25) is 0 Å². The number of piperidine rings is 1. The highest BCUT2D eigenvalue weighted by Crippen LogP contribution is 2.26. The Hall–Kier alpha value is -0.390. The number of halogens is 1. The molecule has 0 radical (unpaired) electrons. The van der Waals surface area contributed by atoms with Gasteiger partial charge in [-0.25, -0.2) is 0 Å². The summed E-state index contributed by atoms with van der Waals surface area (Å²) in [4.78, 5) is 0. The van der Waals surface area contributed by atoms with Gasteiger partial charge in [0, 0.05) is 13.5 Å². The van der Waals surface area contributed by atoms with Crippen LogP contribution in [0, 0.1) is 5.92 Å². The van der Waals surface area contributed by atoms with Crippen molar-refractivity contribution >= 4 is 15.9 Å². The van der Waals surface area contributed by atoms with E-state index in [4.69, 9.17) is 0 Å². The largest absolute Gasteiger partial charge is 0.392 e. The van der Waals surface area contributed by atoms with Crippen molar-refractivity contribution in [3.05, 3.63) is 15.9 Å². The summed E-state index contributed by atoms with van der Waals surface area (Å²) in [5.41, 5.74) is 2.18. The summed E-state index contributed by atoms with van der Waals surface area (Å²) >= 11 is 3.61. The van der Waals surface area contributed by atoms with Gasteiger partial charge in [-0.2, -0.15) is 5.10 Å². The Morgan fingerprint density at radius 1 is 1.50 bits per heavy atom. The van der Waals surface area contributed by atoms with E-state index in [2.05, 4.69) is 33.3 Å². The summed E-state index contributed by atoms with van der Waals surface area (Å²) in [7, 11) is 1.95. The SMILES string of the molecule is CCc1nn(C)c(CC(O)C2CCNCC2)c1Br. The molecule has 2 rings (SSSR count). The van der Waals surface area contributed by atoms with Crippen molar-refractivity contribution in [3.63, 3.8) is 0 Å². The Bertz CT molecular complexity index is 399. The zero-order valence-electron chi connectivity index (χ0n) is 11.1. The van der Waals surface area contributed by atoms with Crippen LogP contribution >= 0.6 is 15.9 Å². The summed E-state index contributed by atoms with van der Waals surface area (Å²) in [6.07, 6.45) is 3.48. The molecular formula is C13H22BrN3O.